The van der Waals surface area contributed by atoms with Crippen LogP contribution in [0.1, 0.15) is 58.5 Å². The Balaban J connectivity index is 0.00000144. The third-order valence-corrected chi connectivity index (χ3v) is 4.98. The third kappa shape index (κ3) is 3.63. The predicted octanol–water partition coefficient (Wildman–Crippen LogP) is 7.12. The van der Waals surface area contributed by atoms with Crippen LogP contribution in [0.15, 0.2) is 36.4 Å². The van der Waals surface area contributed by atoms with Crippen LogP contribution in [-0.2, 0) is 0 Å². The van der Waals surface area contributed by atoms with Crippen LogP contribution in [0.4, 0.5) is 8.78 Å². The summed E-state index contributed by atoms with van der Waals surface area (Å²) in [4.78, 5) is 0. The van der Waals surface area contributed by atoms with E-state index >= 15 is 0 Å². The van der Waals surface area contributed by atoms with Gasteiger partial charge in [-0.05, 0) is 48.3 Å². The van der Waals surface area contributed by atoms with Gasteiger partial charge in [-0.15, -0.1) is 0 Å². The summed E-state index contributed by atoms with van der Waals surface area (Å²) >= 11 is 0. The summed E-state index contributed by atoms with van der Waals surface area (Å²) in [5.74, 6) is -0.0490. The zero-order chi connectivity index (χ0) is 15.7. The first-order chi connectivity index (χ1) is 10.6. The quantitative estimate of drug-likeness (QED) is 0.553. The molecular weight excluding hydrogens is 290 g/mol. The molecule has 0 bridgehead atoms. The minimum absolute atomic E-state index is 0. The van der Waals surface area contributed by atoms with Gasteiger partial charge in [-0.2, -0.15) is 0 Å². The van der Waals surface area contributed by atoms with Crippen LogP contribution in [0, 0.1) is 24.5 Å². The van der Waals surface area contributed by atoms with Gasteiger partial charge in [-0.25, -0.2) is 8.78 Å². The minimum atomic E-state index is -0.751. The number of hydrogen-bond donors (Lipinski definition) is 0. The number of hydrogen-bond acceptors (Lipinski definition) is 0. The Morgan fingerprint density at radius 3 is 2.09 bits per heavy atom. The molecule has 0 spiro atoms. The van der Waals surface area contributed by atoms with E-state index in [1.807, 2.05) is 12.1 Å². The number of rotatable bonds is 2. The predicted molar refractivity (Wildman–Crippen MR) is 95.7 cm³/mol. The van der Waals surface area contributed by atoms with E-state index in [0.717, 1.165) is 11.5 Å². The van der Waals surface area contributed by atoms with Crippen molar-refractivity contribution in [3.05, 3.63) is 59.2 Å². The second-order valence-corrected chi connectivity index (χ2v) is 6.64. The highest BCUT2D eigenvalue weighted by Gasteiger charge is 2.20. The third-order valence-electron chi connectivity index (χ3n) is 4.98. The van der Waals surface area contributed by atoms with E-state index in [-0.39, 0.29) is 8.85 Å². The van der Waals surface area contributed by atoms with Gasteiger partial charge in [0.1, 0.15) is 0 Å². The van der Waals surface area contributed by atoms with Crippen molar-refractivity contribution >= 4 is 0 Å². The fourth-order valence-electron chi connectivity index (χ4n) is 3.40. The highest BCUT2D eigenvalue weighted by Crippen LogP contribution is 2.36. The summed E-state index contributed by atoms with van der Waals surface area (Å²) in [6, 6.07) is 11.3. The maximum atomic E-state index is 14.1. The molecule has 0 amide bonds. The maximum absolute atomic E-state index is 14.1. The summed E-state index contributed by atoms with van der Waals surface area (Å²) in [5, 5.41) is 0. The lowest BCUT2D eigenvalue weighted by molar-refractivity contribution is 0.348. The van der Waals surface area contributed by atoms with Crippen LogP contribution >= 0.6 is 0 Å². The normalized spacial score (nSPS) is 20.9. The highest BCUT2D eigenvalue weighted by atomic mass is 19.2. The topological polar surface area (TPSA) is 0 Å². The monoisotopic (exact) mass is 318 g/mol. The van der Waals surface area contributed by atoms with Gasteiger partial charge in [-0.1, -0.05) is 63.6 Å². The minimum Gasteiger partial charge on any atom is -0.203 e. The lowest BCUT2D eigenvalue weighted by Crippen LogP contribution is -2.10. The van der Waals surface area contributed by atoms with E-state index in [4.69, 9.17) is 0 Å². The van der Waals surface area contributed by atoms with E-state index in [2.05, 4.69) is 19.1 Å². The zero-order valence-electron chi connectivity index (χ0n) is 13.2. The first-order valence-corrected chi connectivity index (χ1v) is 8.11. The van der Waals surface area contributed by atoms with E-state index in [1.165, 1.54) is 31.2 Å². The van der Waals surface area contributed by atoms with E-state index in [9.17, 15) is 8.78 Å². The van der Waals surface area contributed by atoms with Crippen LogP contribution in [0.2, 0.25) is 0 Å². The van der Waals surface area contributed by atoms with E-state index in [0.29, 0.717) is 17.0 Å². The summed E-state index contributed by atoms with van der Waals surface area (Å²) in [5.41, 5.74) is 2.74. The van der Waals surface area contributed by atoms with Crippen molar-refractivity contribution < 1.29 is 10.2 Å². The Morgan fingerprint density at radius 2 is 1.48 bits per heavy atom. The van der Waals surface area contributed by atoms with Crippen molar-refractivity contribution in [2.24, 2.45) is 5.92 Å². The molecule has 23 heavy (non-hydrogen) atoms. The average Bonchev–Trinajstić information content (AvgIpc) is 2.54. The van der Waals surface area contributed by atoms with Crippen LogP contribution in [0.25, 0.3) is 11.1 Å². The van der Waals surface area contributed by atoms with Crippen LogP contribution in [-0.4, -0.2) is 0 Å². The summed E-state index contributed by atoms with van der Waals surface area (Å²) in [7, 11) is 0. The van der Waals surface area contributed by atoms with Gasteiger partial charge < -0.3 is 0 Å². The molecule has 0 N–H and O–H groups in total. The first-order valence-electron chi connectivity index (χ1n) is 8.11. The molecule has 2 aromatic rings. The van der Waals surface area contributed by atoms with Gasteiger partial charge in [0.05, 0.1) is 0 Å². The standard InChI is InChI=1S/C20H22F2.CH4.H2/c1-13-3-6-15(7-4-13)16-8-10-17(11-9-16)18-12-5-14(2)19(21)20(18)22;;/h5,8-13,15H,3-4,6-7H2,1-2H3;1H4;1H. The van der Waals surface area contributed by atoms with Crippen LogP contribution in [0.3, 0.4) is 0 Å². The fourth-order valence-corrected chi connectivity index (χ4v) is 3.40. The van der Waals surface area contributed by atoms with Gasteiger partial charge in [0.25, 0.3) is 0 Å². The second kappa shape index (κ2) is 7.25. The molecule has 0 heterocycles. The average molecular weight is 318 g/mol. The molecule has 0 aromatic heterocycles. The van der Waals surface area contributed by atoms with Crippen molar-refractivity contribution in [3.8, 4) is 11.1 Å². The lowest BCUT2D eigenvalue weighted by atomic mass is 9.79. The van der Waals surface area contributed by atoms with Crippen molar-refractivity contribution in [2.75, 3.05) is 0 Å². The van der Waals surface area contributed by atoms with Gasteiger partial charge in [-0.3, -0.25) is 0 Å². The zero-order valence-corrected chi connectivity index (χ0v) is 13.2. The molecule has 1 aliphatic rings. The molecule has 0 saturated heterocycles. The fraction of sp³-hybridized carbons (Fsp3) is 0.429. The van der Waals surface area contributed by atoms with Crippen molar-refractivity contribution in [3.63, 3.8) is 0 Å². The van der Waals surface area contributed by atoms with Crippen LogP contribution < -0.4 is 0 Å². The SMILES string of the molecule is C.Cc1ccc(-c2ccc(C3CCC(C)CC3)cc2)c(F)c1F.[HH]. The highest BCUT2D eigenvalue weighted by molar-refractivity contribution is 5.65. The molecule has 3 rings (SSSR count). The molecule has 1 saturated carbocycles. The maximum Gasteiger partial charge on any atom is 0.166 e. The Kier molecular flexibility index (Phi) is 5.56. The summed E-state index contributed by atoms with van der Waals surface area (Å²) in [6.45, 7) is 3.89. The summed E-state index contributed by atoms with van der Waals surface area (Å²) < 4.78 is 27.8. The van der Waals surface area contributed by atoms with Crippen LogP contribution in [0.5, 0.6) is 0 Å². The lowest BCUT2D eigenvalue weighted by Gasteiger charge is -2.26. The molecule has 1 fully saturated rings. The molecule has 126 valence electrons. The molecular formula is C21H28F2. The van der Waals surface area contributed by atoms with E-state index < -0.39 is 11.6 Å². The molecule has 1 aliphatic carbocycles. The molecule has 0 radical (unpaired) electrons. The van der Waals surface area contributed by atoms with Gasteiger partial charge in [0, 0.05) is 6.99 Å². The van der Waals surface area contributed by atoms with Crippen molar-refractivity contribution in [2.45, 2.75) is 52.9 Å². The molecule has 2 aromatic carbocycles. The molecule has 0 unspecified atom stereocenters. The molecule has 0 atom stereocenters. The largest absolute Gasteiger partial charge is 0.203 e. The smallest absolute Gasteiger partial charge is 0.166 e. The van der Waals surface area contributed by atoms with Crippen molar-refractivity contribution in [1.29, 1.82) is 0 Å². The Bertz CT molecular complexity index is 656. The number of aryl methyl sites for hydroxylation is 1. The first kappa shape index (κ1) is 17.7. The van der Waals surface area contributed by atoms with Gasteiger partial charge in [0.15, 0.2) is 11.6 Å². The Hall–Kier alpha value is -1.70. The molecule has 0 aliphatic heterocycles. The van der Waals surface area contributed by atoms with Crippen molar-refractivity contribution in [1.82, 2.24) is 0 Å². The Morgan fingerprint density at radius 1 is 0.870 bits per heavy atom. The summed E-state index contributed by atoms with van der Waals surface area (Å²) in [6.07, 6.45) is 5.02. The Labute approximate surface area is 140 Å². The van der Waals surface area contributed by atoms with E-state index in [1.54, 1.807) is 19.1 Å². The number of benzene rings is 2. The van der Waals surface area contributed by atoms with Gasteiger partial charge in [0.2, 0.25) is 0 Å². The van der Waals surface area contributed by atoms with Gasteiger partial charge >= 0.3 is 0 Å². The molecule has 0 nitrogen and oxygen atoms in total. The molecule has 2 heteroatoms. The number of halogens is 2. The second-order valence-electron chi connectivity index (χ2n) is 6.64.